The molecule has 168 valence electrons. The minimum Gasteiger partial charge on any atom is -0.492 e. The second kappa shape index (κ2) is 9.91. The van der Waals surface area contributed by atoms with Crippen LogP contribution < -0.4 is 19.7 Å². The van der Waals surface area contributed by atoms with Gasteiger partial charge in [0.1, 0.15) is 11.5 Å². The first kappa shape index (κ1) is 22.7. The Morgan fingerprint density at radius 2 is 1.65 bits per heavy atom. The van der Waals surface area contributed by atoms with Gasteiger partial charge in [-0.3, -0.25) is 4.79 Å². The summed E-state index contributed by atoms with van der Waals surface area (Å²) in [4.78, 5) is 14.8. The highest BCUT2D eigenvalue weighted by Gasteiger charge is 2.30. The summed E-state index contributed by atoms with van der Waals surface area (Å²) < 4.78 is 55.2. The van der Waals surface area contributed by atoms with Crippen molar-refractivity contribution >= 4 is 17.3 Å². The molecule has 1 fully saturated rings. The molecular formula is C22H25F3N2O4. The number of hydrogen-bond donors (Lipinski definition) is 1. The van der Waals surface area contributed by atoms with E-state index in [1.165, 1.54) is 0 Å². The highest BCUT2D eigenvalue weighted by atomic mass is 19.4. The van der Waals surface area contributed by atoms with Crippen molar-refractivity contribution in [3.8, 4) is 11.5 Å². The van der Waals surface area contributed by atoms with Gasteiger partial charge in [-0.15, -0.1) is 0 Å². The van der Waals surface area contributed by atoms with Crippen molar-refractivity contribution < 1.29 is 32.2 Å². The van der Waals surface area contributed by atoms with Crippen LogP contribution in [0.1, 0.15) is 29.8 Å². The zero-order valence-corrected chi connectivity index (χ0v) is 17.4. The van der Waals surface area contributed by atoms with Crippen LogP contribution in [0.25, 0.3) is 0 Å². The summed E-state index contributed by atoms with van der Waals surface area (Å²) in [5.74, 6) is 0.486. The third-order valence-corrected chi connectivity index (χ3v) is 4.74. The average molecular weight is 438 g/mol. The molecule has 1 aliphatic rings. The van der Waals surface area contributed by atoms with E-state index in [1.54, 1.807) is 6.07 Å². The Morgan fingerprint density at radius 1 is 1.03 bits per heavy atom. The van der Waals surface area contributed by atoms with Crippen molar-refractivity contribution in [3.63, 3.8) is 0 Å². The fraction of sp³-hybridized carbons (Fsp3) is 0.409. The molecule has 6 nitrogen and oxygen atoms in total. The zero-order valence-electron chi connectivity index (χ0n) is 17.4. The zero-order chi connectivity index (χ0) is 22.4. The molecule has 0 radical (unpaired) electrons. The quantitative estimate of drug-likeness (QED) is 0.685. The number of rotatable bonds is 7. The van der Waals surface area contributed by atoms with Gasteiger partial charge in [0.05, 0.1) is 43.4 Å². The molecule has 0 aliphatic carbocycles. The lowest BCUT2D eigenvalue weighted by Gasteiger charge is -2.31. The summed E-state index contributed by atoms with van der Waals surface area (Å²) in [6.07, 6.45) is -4.46. The van der Waals surface area contributed by atoms with Crippen LogP contribution in [0.2, 0.25) is 0 Å². The second-order valence-corrected chi connectivity index (χ2v) is 6.81. The number of halogens is 3. The van der Waals surface area contributed by atoms with E-state index in [0.29, 0.717) is 56.7 Å². The van der Waals surface area contributed by atoms with Crippen LogP contribution >= 0.6 is 0 Å². The maximum atomic E-state index is 12.8. The van der Waals surface area contributed by atoms with Gasteiger partial charge in [-0.25, -0.2) is 0 Å². The van der Waals surface area contributed by atoms with Gasteiger partial charge in [0, 0.05) is 30.8 Å². The van der Waals surface area contributed by atoms with E-state index in [-0.39, 0.29) is 5.56 Å². The maximum absolute atomic E-state index is 12.8. The molecular weight excluding hydrogens is 413 g/mol. The molecule has 0 saturated carbocycles. The largest absolute Gasteiger partial charge is 0.492 e. The van der Waals surface area contributed by atoms with Crippen molar-refractivity contribution in [1.29, 1.82) is 0 Å². The van der Waals surface area contributed by atoms with Crippen LogP contribution in [-0.2, 0) is 10.9 Å². The molecule has 0 atom stereocenters. The molecule has 0 spiro atoms. The van der Waals surface area contributed by atoms with E-state index in [9.17, 15) is 18.0 Å². The third kappa shape index (κ3) is 5.61. The number of nitrogens with zero attached hydrogens (tertiary/aromatic N) is 1. The number of amides is 1. The first-order valence-electron chi connectivity index (χ1n) is 10.1. The molecule has 3 rings (SSSR count). The van der Waals surface area contributed by atoms with Crippen LogP contribution in [0.15, 0.2) is 36.4 Å². The van der Waals surface area contributed by atoms with E-state index in [1.807, 2.05) is 19.9 Å². The van der Waals surface area contributed by atoms with Crippen molar-refractivity contribution in [2.45, 2.75) is 20.0 Å². The Hall–Kier alpha value is -2.94. The normalized spacial score (nSPS) is 14.3. The minimum atomic E-state index is -4.46. The summed E-state index contributed by atoms with van der Waals surface area (Å²) in [7, 11) is 0. The van der Waals surface area contributed by atoms with Gasteiger partial charge >= 0.3 is 6.18 Å². The molecule has 0 unspecified atom stereocenters. The highest BCUT2D eigenvalue weighted by Crippen LogP contribution is 2.39. The van der Waals surface area contributed by atoms with Gasteiger partial charge < -0.3 is 24.4 Å². The molecule has 31 heavy (non-hydrogen) atoms. The van der Waals surface area contributed by atoms with Gasteiger partial charge in [0.15, 0.2) is 0 Å². The lowest BCUT2D eigenvalue weighted by Crippen LogP contribution is -2.36. The number of nitrogens with one attached hydrogen (secondary N) is 1. The predicted octanol–water partition coefficient (Wildman–Crippen LogP) is 4.59. The molecule has 0 aromatic heterocycles. The Labute approximate surface area is 178 Å². The van der Waals surface area contributed by atoms with E-state index >= 15 is 0 Å². The van der Waals surface area contributed by atoms with Crippen molar-refractivity contribution in [2.24, 2.45) is 0 Å². The average Bonchev–Trinajstić information content (AvgIpc) is 2.76. The Bertz CT molecular complexity index is 895. The number of morpholine rings is 1. The summed E-state index contributed by atoms with van der Waals surface area (Å²) >= 11 is 0. The first-order valence-corrected chi connectivity index (χ1v) is 10.1. The molecule has 1 saturated heterocycles. The van der Waals surface area contributed by atoms with Crippen LogP contribution in [0.3, 0.4) is 0 Å². The summed E-state index contributed by atoms with van der Waals surface area (Å²) in [5.41, 5.74) is 0.506. The minimum absolute atomic E-state index is 0.102. The number of benzene rings is 2. The molecule has 2 aromatic carbocycles. The predicted molar refractivity (Wildman–Crippen MR) is 111 cm³/mol. The summed E-state index contributed by atoms with van der Waals surface area (Å²) in [6.45, 7) is 7.08. The Morgan fingerprint density at radius 3 is 2.23 bits per heavy atom. The topological polar surface area (TPSA) is 60.0 Å². The monoisotopic (exact) mass is 438 g/mol. The molecule has 1 N–H and O–H groups in total. The number of hydrogen-bond acceptors (Lipinski definition) is 5. The molecule has 9 heteroatoms. The molecule has 1 amide bonds. The van der Waals surface area contributed by atoms with Crippen molar-refractivity contribution in [1.82, 2.24) is 0 Å². The SMILES string of the molecule is CCOc1cc(N2CCOCC2)c(OCC)cc1NC(=O)c1ccc(C(F)(F)F)cc1. The number of alkyl halides is 3. The number of carbonyl (C=O) groups excluding carboxylic acids is 1. The van der Waals surface area contributed by atoms with Gasteiger partial charge in [-0.05, 0) is 38.1 Å². The second-order valence-electron chi connectivity index (χ2n) is 6.81. The Kier molecular flexibility index (Phi) is 7.27. The lowest BCUT2D eigenvalue weighted by molar-refractivity contribution is -0.137. The molecule has 1 heterocycles. The lowest BCUT2D eigenvalue weighted by atomic mass is 10.1. The third-order valence-electron chi connectivity index (χ3n) is 4.74. The molecule has 1 aliphatic heterocycles. The molecule has 0 bridgehead atoms. The van der Waals surface area contributed by atoms with Crippen molar-refractivity contribution in [2.75, 3.05) is 49.7 Å². The number of carbonyl (C=O) groups is 1. The van der Waals surface area contributed by atoms with Gasteiger partial charge in [0.2, 0.25) is 0 Å². The van der Waals surface area contributed by atoms with E-state index in [4.69, 9.17) is 14.2 Å². The molecule has 2 aromatic rings. The Balaban J connectivity index is 1.89. The van der Waals surface area contributed by atoms with Crippen LogP contribution in [-0.4, -0.2) is 45.4 Å². The fourth-order valence-corrected chi connectivity index (χ4v) is 3.25. The number of ether oxygens (including phenoxy) is 3. The van der Waals surface area contributed by atoms with Gasteiger partial charge in [0.25, 0.3) is 5.91 Å². The van der Waals surface area contributed by atoms with Crippen LogP contribution in [0.5, 0.6) is 11.5 Å². The van der Waals surface area contributed by atoms with Gasteiger partial charge in [-0.2, -0.15) is 13.2 Å². The highest BCUT2D eigenvalue weighted by molar-refractivity contribution is 6.05. The maximum Gasteiger partial charge on any atom is 0.416 e. The van der Waals surface area contributed by atoms with Crippen LogP contribution in [0, 0.1) is 0 Å². The summed E-state index contributed by atoms with van der Waals surface area (Å²) in [6, 6.07) is 7.54. The number of anilines is 2. The van der Waals surface area contributed by atoms with Gasteiger partial charge in [-0.1, -0.05) is 0 Å². The first-order chi connectivity index (χ1) is 14.8. The smallest absolute Gasteiger partial charge is 0.416 e. The van der Waals surface area contributed by atoms with E-state index in [2.05, 4.69) is 10.2 Å². The van der Waals surface area contributed by atoms with Crippen LogP contribution in [0.4, 0.5) is 24.5 Å². The van der Waals surface area contributed by atoms with E-state index in [0.717, 1.165) is 30.0 Å². The summed E-state index contributed by atoms with van der Waals surface area (Å²) in [5, 5.41) is 2.73. The standard InChI is InChI=1S/C22H25F3N2O4/c1-3-30-19-14-18(27-9-11-29-12-10-27)20(31-4-2)13-17(19)26-21(28)15-5-7-16(8-6-15)22(23,24)25/h5-8,13-14H,3-4,9-12H2,1-2H3,(H,26,28). The fourth-order valence-electron chi connectivity index (χ4n) is 3.25. The van der Waals surface area contributed by atoms with E-state index < -0.39 is 17.6 Å². The van der Waals surface area contributed by atoms with Crippen molar-refractivity contribution in [3.05, 3.63) is 47.5 Å².